The van der Waals surface area contributed by atoms with Crippen molar-refractivity contribution in [3.05, 3.63) is 77.5 Å². The predicted molar refractivity (Wildman–Crippen MR) is 104 cm³/mol. The Morgan fingerprint density at radius 3 is 2.50 bits per heavy atom. The lowest BCUT2D eigenvalue weighted by Crippen LogP contribution is -2.18. The van der Waals surface area contributed by atoms with E-state index in [-0.39, 0.29) is 39.3 Å². The fourth-order valence-electron chi connectivity index (χ4n) is 3.33. The number of nitriles is 1. The average Bonchev–Trinajstić information content (AvgIpc) is 3.12. The van der Waals surface area contributed by atoms with Crippen molar-refractivity contribution in [1.82, 2.24) is 14.4 Å². The molecule has 1 N–H and O–H groups in total. The zero-order valence-electron chi connectivity index (χ0n) is 16.0. The largest absolute Gasteiger partial charge is 0.386 e. The van der Waals surface area contributed by atoms with Crippen LogP contribution in [0, 0.1) is 28.8 Å². The summed E-state index contributed by atoms with van der Waals surface area (Å²) in [4.78, 5) is 8.06. The van der Waals surface area contributed by atoms with Gasteiger partial charge in [-0.2, -0.15) is 5.26 Å². The van der Waals surface area contributed by atoms with Crippen LogP contribution in [0.5, 0.6) is 0 Å². The molecular formula is C22H15F3N4O. The Labute approximate surface area is 169 Å². The van der Waals surface area contributed by atoms with Crippen LogP contribution in [0.2, 0.25) is 0 Å². The molecule has 0 saturated carbocycles. The predicted octanol–water partition coefficient (Wildman–Crippen LogP) is 4.58. The van der Waals surface area contributed by atoms with E-state index in [1.54, 1.807) is 0 Å². The molecule has 0 radical (unpaired) electrons. The van der Waals surface area contributed by atoms with Crippen LogP contribution >= 0.6 is 0 Å². The Bertz CT molecular complexity index is 1330. The topological polar surface area (TPSA) is 74.2 Å². The van der Waals surface area contributed by atoms with Crippen LogP contribution in [0.1, 0.15) is 25.0 Å². The second-order valence-corrected chi connectivity index (χ2v) is 7.26. The fourth-order valence-corrected chi connectivity index (χ4v) is 3.33. The Balaban J connectivity index is 1.92. The summed E-state index contributed by atoms with van der Waals surface area (Å²) in [6, 6.07) is 8.05. The van der Waals surface area contributed by atoms with E-state index in [0.717, 1.165) is 12.1 Å². The lowest BCUT2D eigenvalue weighted by Gasteiger charge is -2.18. The molecule has 0 aliphatic carbocycles. The highest BCUT2D eigenvalue weighted by Crippen LogP contribution is 2.33. The zero-order chi connectivity index (χ0) is 21.6. The van der Waals surface area contributed by atoms with Crippen molar-refractivity contribution < 1.29 is 18.3 Å². The minimum Gasteiger partial charge on any atom is -0.386 e. The van der Waals surface area contributed by atoms with Gasteiger partial charge in [-0.15, -0.1) is 0 Å². The van der Waals surface area contributed by atoms with Crippen molar-refractivity contribution in [3.63, 3.8) is 0 Å². The van der Waals surface area contributed by atoms with E-state index in [1.165, 1.54) is 55.0 Å². The van der Waals surface area contributed by atoms with Crippen molar-refractivity contribution >= 4 is 5.65 Å². The molecule has 4 aromatic rings. The molecule has 0 bridgehead atoms. The molecule has 5 nitrogen and oxygen atoms in total. The maximum absolute atomic E-state index is 15.4. The van der Waals surface area contributed by atoms with Gasteiger partial charge in [0.05, 0.1) is 29.1 Å². The maximum atomic E-state index is 15.4. The van der Waals surface area contributed by atoms with E-state index in [4.69, 9.17) is 0 Å². The van der Waals surface area contributed by atoms with Gasteiger partial charge in [-0.1, -0.05) is 0 Å². The number of fused-ring (bicyclic) bond motifs is 1. The summed E-state index contributed by atoms with van der Waals surface area (Å²) in [5.41, 5.74) is -1.13. The number of hydrogen-bond acceptors (Lipinski definition) is 4. The molecule has 0 saturated heterocycles. The van der Waals surface area contributed by atoms with Gasteiger partial charge < -0.3 is 5.11 Å². The van der Waals surface area contributed by atoms with E-state index < -0.39 is 23.1 Å². The number of benzene rings is 1. The molecular weight excluding hydrogens is 393 g/mol. The highest BCUT2D eigenvalue weighted by molar-refractivity contribution is 5.74. The van der Waals surface area contributed by atoms with Gasteiger partial charge in [-0.05, 0) is 44.2 Å². The van der Waals surface area contributed by atoms with Gasteiger partial charge in [0.25, 0.3) is 0 Å². The van der Waals surface area contributed by atoms with Crippen molar-refractivity contribution in [1.29, 1.82) is 5.26 Å². The summed E-state index contributed by atoms with van der Waals surface area (Å²) in [5, 5.41) is 19.4. The number of hydrogen-bond donors (Lipinski definition) is 1. The van der Waals surface area contributed by atoms with E-state index in [2.05, 4.69) is 9.97 Å². The first-order valence-corrected chi connectivity index (χ1v) is 8.95. The molecule has 0 spiro atoms. The van der Waals surface area contributed by atoms with Crippen LogP contribution in [0.15, 0.2) is 48.9 Å². The minimum atomic E-state index is -1.41. The molecule has 0 aliphatic heterocycles. The monoisotopic (exact) mass is 408 g/mol. The molecule has 3 aromatic heterocycles. The van der Waals surface area contributed by atoms with Gasteiger partial charge in [0.1, 0.15) is 11.5 Å². The molecule has 3 heterocycles. The third kappa shape index (κ3) is 3.09. The van der Waals surface area contributed by atoms with Crippen LogP contribution in [0.4, 0.5) is 13.2 Å². The smallest absolute Gasteiger partial charge is 0.174 e. The minimum absolute atomic E-state index is 0.0578. The first kappa shape index (κ1) is 19.6. The zero-order valence-corrected chi connectivity index (χ0v) is 16.0. The number of rotatable bonds is 3. The van der Waals surface area contributed by atoms with Crippen LogP contribution in [0.25, 0.3) is 28.2 Å². The average molecular weight is 408 g/mol. The molecule has 0 atom stereocenters. The number of nitrogens with zero attached hydrogens (tertiary/aromatic N) is 4. The number of aromatic nitrogens is 3. The number of halogens is 3. The molecule has 8 heteroatoms. The van der Waals surface area contributed by atoms with Crippen molar-refractivity contribution in [2.24, 2.45) is 0 Å². The van der Waals surface area contributed by atoms with Crippen LogP contribution in [-0.4, -0.2) is 19.5 Å². The summed E-state index contributed by atoms with van der Waals surface area (Å²) in [5.74, 6) is -2.09. The van der Waals surface area contributed by atoms with Gasteiger partial charge in [-0.3, -0.25) is 9.38 Å². The highest BCUT2D eigenvalue weighted by atomic mass is 19.1. The second-order valence-electron chi connectivity index (χ2n) is 7.26. The lowest BCUT2D eigenvalue weighted by molar-refractivity contribution is 0.0746. The summed E-state index contributed by atoms with van der Waals surface area (Å²) < 4.78 is 45.1. The molecule has 0 fully saturated rings. The maximum Gasteiger partial charge on any atom is 0.174 e. The number of aliphatic hydroxyl groups is 1. The summed E-state index contributed by atoms with van der Waals surface area (Å²) in [6.45, 7) is 2.91. The highest BCUT2D eigenvalue weighted by Gasteiger charge is 2.25. The van der Waals surface area contributed by atoms with Crippen molar-refractivity contribution in [2.75, 3.05) is 0 Å². The summed E-state index contributed by atoms with van der Waals surface area (Å²) in [7, 11) is 0. The SMILES string of the molecule is CC(C)(O)c1ccn2c(-c3ccnc(-c4ccc(F)cc4C#N)c3F)cnc2c1F. The molecule has 0 unspecified atom stereocenters. The number of imidazole rings is 1. The van der Waals surface area contributed by atoms with Gasteiger partial charge in [-0.25, -0.2) is 18.2 Å². The lowest BCUT2D eigenvalue weighted by atomic mass is 9.99. The Morgan fingerprint density at radius 2 is 1.80 bits per heavy atom. The molecule has 0 amide bonds. The normalized spacial score (nSPS) is 11.6. The fraction of sp³-hybridized carbons (Fsp3) is 0.136. The molecule has 30 heavy (non-hydrogen) atoms. The standard InChI is InChI=1S/C22H15F3N4O/c1-22(2,30)16-6-8-29-17(11-28-21(29)19(16)25)15-5-7-27-20(18(15)24)14-4-3-13(23)9-12(14)10-26/h3-9,11,30H,1-2H3. The van der Waals surface area contributed by atoms with Crippen LogP contribution in [0.3, 0.4) is 0 Å². The van der Waals surface area contributed by atoms with Crippen molar-refractivity contribution in [2.45, 2.75) is 19.4 Å². The second kappa shape index (κ2) is 6.97. The van der Waals surface area contributed by atoms with Crippen LogP contribution in [-0.2, 0) is 5.60 Å². The van der Waals surface area contributed by atoms with Gasteiger partial charge in [0.15, 0.2) is 17.3 Å². The van der Waals surface area contributed by atoms with E-state index >= 15 is 4.39 Å². The molecule has 1 aromatic carbocycles. The van der Waals surface area contributed by atoms with Crippen LogP contribution < -0.4 is 0 Å². The summed E-state index contributed by atoms with van der Waals surface area (Å²) >= 11 is 0. The number of pyridine rings is 2. The Kier molecular flexibility index (Phi) is 4.56. The van der Waals surface area contributed by atoms with E-state index in [0.29, 0.717) is 0 Å². The van der Waals surface area contributed by atoms with Gasteiger partial charge in [0, 0.05) is 29.1 Å². The molecule has 0 aliphatic rings. The van der Waals surface area contributed by atoms with Gasteiger partial charge in [0.2, 0.25) is 0 Å². The third-order valence-corrected chi connectivity index (χ3v) is 4.80. The third-order valence-electron chi connectivity index (χ3n) is 4.80. The molecule has 150 valence electrons. The van der Waals surface area contributed by atoms with E-state index in [1.807, 2.05) is 6.07 Å². The first-order valence-electron chi connectivity index (χ1n) is 8.95. The molecule has 4 rings (SSSR count). The van der Waals surface area contributed by atoms with Gasteiger partial charge >= 0.3 is 0 Å². The Morgan fingerprint density at radius 1 is 1.03 bits per heavy atom. The Hall–Kier alpha value is -3.70. The quantitative estimate of drug-likeness (QED) is 0.539. The van der Waals surface area contributed by atoms with Crippen molar-refractivity contribution in [3.8, 4) is 28.6 Å². The first-order chi connectivity index (χ1) is 14.2. The summed E-state index contributed by atoms with van der Waals surface area (Å²) in [6.07, 6.45) is 4.15. The van der Waals surface area contributed by atoms with E-state index in [9.17, 15) is 19.1 Å².